The molecule has 0 spiro atoms. The fourth-order valence-corrected chi connectivity index (χ4v) is 0. The van der Waals surface area contributed by atoms with Gasteiger partial charge in [0.25, 0.3) is 0 Å². The molecule has 0 aliphatic carbocycles. The van der Waals surface area contributed by atoms with Gasteiger partial charge in [-0.05, 0) is 6.42 Å². The standard InChI is InChI=1S/C4H9.C3H8O.Mg.H3Si/c1-4(2)3;1-2-3-4;;/h1-3H3;4H,2-3H2,1H3;;1H3. The summed E-state index contributed by atoms with van der Waals surface area (Å²) in [6.45, 7) is 9.27. The Morgan fingerprint density at radius 2 is 1.60 bits per heavy atom. The summed E-state index contributed by atoms with van der Waals surface area (Å²) < 4.78 is 0.742. The van der Waals surface area contributed by atoms with E-state index in [4.69, 9.17) is 5.11 Å². The molecule has 0 saturated carbocycles. The van der Waals surface area contributed by atoms with Crippen molar-refractivity contribution in [2.24, 2.45) is 0 Å². The number of aliphatic hydroxyl groups excluding tert-OH is 1. The van der Waals surface area contributed by atoms with Crippen LogP contribution in [0.5, 0.6) is 0 Å². The maximum atomic E-state index is 7.88. The van der Waals surface area contributed by atoms with Crippen molar-refractivity contribution in [1.82, 2.24) is 0 Å². The van der Waals surface area contributed by atoms with Crippen molar-refractivity contribution in [2.75, 3.05) is 6.61 Å². The van der Waals surface area contributed by atoms with Crippen molar-refractivity contribution in [1.29, 1.82) is 0 Å². The molecule has 0 rings (SSSR count). The first-order valence-corrected chi connectivity index (χ1v) is 10.4. The first kappa shape index (κ1) is 13.5. The number of hydrogen-bond donors (Lipinski definition) is 1. The molecule has 10 heavy (non-hydrogen) atoms. The van der Waals surface area contributed by atoms with Gasteiger partial charge in [-0.1, -0.05) is 27.7 Å². The zero-order valence-corrected chi connectivity index (χ0v) is 11.5. The van der Waals surface area contributed by atoms with Gasteiger partial charge in [-0.2, -0.15) is 0 Å². The molecule has 0 aromatic heterocycles. The monoisotopic (exact) mass is 172 g/mol. The van der Waals surface area contributed by atoms with Gasteiger partial charge in [0.15, 0.2) is 0 Å². The second-order valence-corrected chi connectivity index (χ2v) is 8.59. The van der Waals surface area contributed by atoms with Crippen LogP contribution in [-0.2, 0) is 0 Å². The van der Waals surface area contributed by atoms with Crippen molar-refractivity contribution in [3.8, 4) is 0 Å². The molecule has 60 valence electrons. The Labute approximate surface area is 76.9 Å². The molecule has 0 radical (unpaired) electrons. The smallest absolute Gasteiger partial charge is 0.358 e. The van der Waals surface area contributed by atoms with Crippen LogP contribution in [-0.4, -0.2) is 39.2 Å². The molecule has 0 aromatic carbocycles. The average molecular weight is 173 g/mol. The van der Waals surface area contributed by atoms with Gasteiger partial charge >= 0.3 is 19.6 Å². The third-order valence-corrected chi connectivity index (χ3v) is 9.77. The minimum absolute atomic E-state index is 0.319. The van der Waals surface area contributed by atoms with Gasteiger partial charge in [0, 0.05) is 6.61 Å². The summed E-state index contributed by atoms with van der Waals surface area (Å²) >= 11 is 0.391. The SMILES string of the molecule is CCCO.C[C](C)(C)[Mg][SiH3]. The van der Waals surface area contributed by atoms with E-state index in [1.807, 2.05) is 6.92 Å². The summed E-state index contributed by atoms with van der Waals surface area (Å²) in [4.78, 5) is 0. The third-order valence-electron chi connectivity index (χ3n) is 1.28. The Morgan fingerprint density at radius 3 is 1.60 bits per heavy atom. The Balaban J connectivity index is 0. The highest BCUT2D eigenvalue weighted by Crippen LogP contribution is 2.17. The molecule has 0 aliphatic heterocycles. The van der Waals surface area contributed by atoms with Crippen molar-refractivity contribution < 1.29 is 5.11 Å². The van der Waals surface area contributed by atoms with Crippen LogP contribution in [0.25, 0.3) is 0 Å². The summed E-state index contributed by atoms with van der Waals surface area (Å²) in [6, 6.07) is 0. The summed E-state index contributed by atoms with van der Waals surface area (Å²) in [6.07, 6.45) is 0.875. The molecule has 0 aliphatic rings. The molecule has 0 aromatic rings. The van der Waals surface area contributed by atoms with Crippen molar-refractivity contribution in [2.45, 2.75) is 37.7 Å². The van der Waals surface area contributed by atoms with Crippen LogP contribution >= 0.6 is 0 Å². The van der Waals surface area contributed by atoms with Gasteiger partial charge in [0.1, 0.15) is 0 Å². The van der Waals surface area contributed by atoms with Crippen LogP contribution in [0.4, 0.5) is 0 Å². The van der Waals surface area contributed by atoms with E-state index in [1.165, 1.54) is 7.89 Å². The average Bonchev–Trinajstić information content (AvgIpc) is 1.87. The number of rotatable bonds is 1. The lowest BCUT2D eigenvalue weighted by Crippen LogP contribution is -2.06. The Bertz CT molecular complexity index is 59.1. The molecule has 1 N–H and O–H groups in total. The fourth-order valence-electron chi connectivity index (χ4n) is 0. The molecule has 0 bridgehead atoms. The van der Waals surface area contributed by atoms with Gasteiger partial charge < -0.3 is 5.11 Å². The highest BCUT2D eigenvalue weighted by atomic mass is 28.3. The van der Waals surface area contributed by atoms with E-state index < -0.39 is 0 Å². The number of aliphatic hydroxyl groups is 1. The largest absolute Gasteiger partial charge is 0.396 e. The van der Waals surface area contributed by atoms with Crippen molar-refractivity contribution in [3.63, 3.8) is 0 Å². The predicted molar refractivity (Wildman–Crippen MR) is 52.8 cm³/mol. The number of hydrogen-bond acceptors (Lipinski definition) is 1. The van der Waals surface area contributed by atoms with Gasteiger partial charge in [-0.15, -0.1) is 11.4 Å². The van der Waals surface area contributed by atoms with Gasteiger partial charge in [-0.25, -0.2) is 0 Å². The van der Waals surface area contributed by atoms with Crippen molar-refractivity contribution >= 4 is 27.5 Å². The van der Waals surface area contributed by atoms with Crippen LogP contribution in [0.15, 0.2) is 0 Å². The van der Waals surface area contributed by atoms with Crippen molar-refractivity contribution in [3.05, 3.63) is 0 Å². The summed E-state index contributed by atoms with van der Waals surface area (Å²) in [5.74, 6) is 0. The zero-order chi connectivity index (χ0) is 8.62. The van der Waals surface area contributed by atoms with Crippen LogP contribution < -0.4 is 0 Å². The van der Waals surface area contributed by atoms with Crippen LogP contribution in [0.3, 0.4) is 0 Å². The first-order valence-electron chi connectivity index (χ1n) is 4.08. The lowest BCUT2D eigenvalue weighted by Gasteiger charge is -2.12. The van der Waals surface area contributed by atoms with E-state index in [0.717, 1.165) is 9.97 Å². The van der Waals surface area contributed by atoms with E-state index in [-0.39, 0.29) is 0 Å². The Morgan fingerprint density at radius 1 is 1.40 bits per heavy atom. The van der Waals surface area contributed by atoms with Crippen LogP contribution in [0, 0.1) is 0 Å². The summed E-state index contributed by atoms with van der Waals surface area (Å²) in [5, 5.41) is 7.88. The summed E-state index contributed by atoms with van der Waals surface area (Å²) in [5.41, 5.74) is 0. The molecule has 1 nitrogen and oxygen atoms in total. The molecule has 3 heteroatoms. The Kier molecular flexibility index (Phi) is 10.9. The first-order chi connectivity index (χ1) is 4.47. The minimum Gasteiger partial charge on any atom is -0.396 e. The highest BCUT2D eigenvalue weighted by Gasteiger charge is 2.07. The molecule has 0 heterocycles. The van der Waals surface area contributed by atoms with E-state index >= 15 is 0 Å². The second kappa shape index (κ2) is 8.04. The lowest BCUT2D eigenvalue weighted by atomic mass is 10.2. The molecule has 0 amide bonds. The van der Waals surface area contributed by atoms with Crippen LogP contribution in [0.2, 0.25) is 3.54 Å². The van der Waals surface area contributed by atoms with Crippen LogP contribution in [0.1, 0.15) is 34.1 Å². The molecular weight excluding hydrogens is 152 g/mol. The van der Waals surface area contributed by atoms with E-state index in [9.17, 15) is 0 Å². The van der Waals surface area contributed by atoms with Gasteiger partial charge in [0.2, 0.25) is 0 Å². The minimum atomic E-state index is 0.319. The van der Waals surface area contributed by atoms with E-state index in [2.05, 4.69) is 20.8 Å². The molecular formula is C7H20MgOSi. The predicted octanol–water partition coefficient (Wildman–Crippen LogP) is 0.578. The molecule has 0 saturated heterocycles. The fraction of sp³-hybridized carbons (Fsp3) is 1.00. The molecule has 0 atom stereocenters. The van der Waals surface area contributed by atoms with Gasteiger partial charge in [-0.3, -0.25) is 0 Å². The quantitative estimate of drug-likeness (QED) is 0.574. The maximum Gasteiger partial charge on any atom is 0.358 e. The second-order valence-electron chi connectivity index (χ2n) is 3.64. The Hall–Kier alpha value is 0.943. The lowest BCUT2D eigenvalue weighted by molar-refractivity contribution is 0.295. The molecule has 0 fully saturated rings. The highest BCUT2D eigenvalue weighted by molar-refractivity contribution is 6.91. The van der Waals surface area contributed by atoms with E-state index in [0.29, 0.717) is 26.2 Å². The maximum absolute atomic E-state index is 7.88. The topological polar surface area (TPSA) is 20.2 Å². The normalized spacial score (nSPS) is 9.70. The zero-order valence-electron chi connectivity index (χ0n) is 8.07. The summed E-state index contributed by atoms with van der Waals surface area (Å²) in [7, 11) is 1.49. The molecule has 0 unspecified atom stereocenters. The van der Waals surface area contributed by atoms with Gasteiger partial charge in [0.05, 0.1) is 0 Å². The van der Waals surface area contributed by atoms with E-state index in [1.54, 1.807) is 0 Å². The third kappa shape index (κ3) is 23.1.